The van der Waals surface area contributed by atoms with Crippen molar-refractivity contribution in [3.05, 3.63) is 83.9 Å². The molecule has 0 saturated carbocycles. The molecule has 0 radical (unpaired) electrons. The fourth-order valence-corrected chi connectivity index (χ4v) is 1.92. The number of benzene rings is 2. The Kier molecular flexibility index (Phi) is 4.72. The van der Waals surface area contributed by atoms with Gasteiger partial charge in [-0.05, 0) is 17.5 Å². The highest BCUT2D eigenvalue weighted by Gasteiger charge is 2.19. The zero-order valence-corrected chi connectivity index (χ0v) is 11.6. The Hall–Kier alpha value is -2.35. The van der Waals surface area contributed by atoms with Gasteiger partial charge < -0.3 is 4.74 Å². The van der Waals surface area contributed by atoms with Crippen LogP contribution in [0.25, 0.3) is 0 Å². The van der Waals surface area contributed by atoms with Crippen LogP contribution in [0.1, 0.15) is 30.6 Å². The number of hydrogen-bond donors (Lipinski definition) is 0. The molecule has 0 aliphatic heterocycles. The molecule has 2 rings (SSSR count). The second-order valence-corrected chi connectivity index (χ2v) is 4.56. The molecular weight excluding hydrogens is 248 g/mol. The third-order valence-corrected chi connectivity index (χ3v) is 3.14. The Morgan fingerprint density at radius 2 is 1.45 bits per heavy atom. The number of carbonyl (C=O) groups is 1. The van der Waals surface area contributed by atoms with E-state index in [-0.39, 0.29) is 5.97 Å². The van der Waals surface area contributed by atoms with Crippen LogP contribution < -0.4 is 0 Å². The van der Waals surface area contributed by atoms with Crippen molar-refractivity contribution < 1.29 is 9.53 Å². The summed E-state index contributed by atoms with van der Waals surface area (Å²) in [5.41, 5.74) is 2.40. The minimum absolute atomic E-state index is 0.342. The van der Waals surface area contributed by atoms with Crippen molar-refractivity contribution in [3.8, 4) is 0 Å². The van der Waals surface area contributed by atoms with Gasteiger partial charge in [0.2, 0.25) is 0 Å². The molecule has 0 aliphatic carbocycles. The maximum absolute atomic E-state index is 12.0. The van der Waals surface area contributed by atoms with Gasteiger partial charge in [0.25, 0.3) is 0 Å². The van der Waals surface area contributed by atoms with Crippen LogP contribution >= 0.6 is 0 Å². The second kappa shape index (κ2) is 6.71. The molecule has 2 nitrogen and oxygen atoms in total. The predicted octanol–water partition coefficient (Wildman–Crippen LogP) is 4.29. The summed E-state index contributed by atoms with van der Waals surface area (Å²) >= 11 is 0. The number of ether oxygens (including phenoxy) is 1. The summed E-state index contributed by atoms with van der Waals surface area (Å²) in [4.78, 5) is 12.0. The third-order valence-electron chi connectivity index (χ3n) is 3.14. The number of esters is 1. The van der Waals surface area contributed by atoms with Crippen molar-refractivity contribution in [1.29, 1.82) is 0 Å². The minimum atomic E-state index is -0.395. The lowest BCUT2D eigenvalue weighted by molar-refractivity contribution is -0.142. The Morgan fingerprint density at radius 1 is 1.00 bits per heavy atom. The Labute approximate surface area is 119 Å². The summed E-state index contributed by atoms with van der Waals surface area (Å²) in [5.74, 6) is -0.342. The minimum Gasteiger partial charge on any atom is -0.449 e. The molecule has 2 heteroatoms. The largest absolute Gasteiger partial charge is 0.449 e. The zero-order chi connectivity index (χ0) is 14.4. The average molecular weight is 266 g/mol. The summed E-state index contributed by atoms with van der Waals surface area (Å²) in [6.07, 6.45) is 0.197. The maximum Gasteiger partial charge on any atom is 0.334 e. The molecular formula is C18H18O2. The first-order valence-electron chi connectivity index (χ1n) is 6.71. The Balaban J connectivity index is 2.31. The molecule has 0 aromatic heterocycles. The first-order valence-corrected chi connectivity index (χ1v) is 6.71. The van der Waals surface area contributed by atoms with Crippen LogP contribution in [0.15, 0.2) is 72.8 Å². The summed E-state index contributed by atoms with van der Waals surface area (Å²) in [6.45, 7) is 5.63. The highest BCUT2D eigenvalue weighted by molar-refractivity contribution is 5.87. The second-order valence-electron chi connectivity index (χ2n) is 4.56. The SMILES string of the molecule is C=C(CC)C(=O)OC(c1ccccc1)c1ccccc1. The summed E-state index contributed by atoms with van der Waals surface area (Å²) in [6, 6.07) is 19.5. The standard InChI is InChI=1S/C18H18O2/c1-3-14(2)18(19)20-17(15-10-6-4-7-11-15)16-12-8-5-9-13-16/h4-13,17H,2-3H2,1H3. The van der Waals surface area contributed by atoms with E-state index in [1.165, 1.54) is 0 Å². The highest BCUT2D eigenvalue weighted by atomic mass is 16.5. The van der Waals surface area contributed by atoms with E-state index in [1.807, 2.05) is 67.6 Å². The molecule has 0 aliphatic rings. The first kappa shape index (κ1) is 14.1. The predicted molar refractivity (Wildman–Crippen MR) is 80.3 cm³/mol. The van der Waals surface area contributed by atoms with Gasteiger partial charge in [-0.15, -0.1) is 0 Å². The Bertz CT molecular complexity index is 533. The van der Waals surface area contributed by atoms with E-state index >= 15 is 0 Å². The molecule has 2 aromatic rings. The van der Waals surface area contributed by atoms with Crippen LogP contribution in [0, 0.1) is 0 Å². The number of carbonyl (C=O) groups excluding carboxylic acids is 1. The van der Waals surface area contributed by atoms with Gasteiger partial charge in [-0.25, -0.2) is 4.79 Å². The van der Waals surface area contributed by atoms with Crippen molar-refractivity contribution in [2.24, 2.45) is 0 Å². The number of hydrogen-bond acceptors (Lipinski definition) is 2. The van der Waals surface area contributed by atoms with Crippen molar-refractivity contribution in [1.82, 2.24) is 0 Å². The third kappa shape index (κ3) is 3.35. The monoisotopic (exact) mass is 266 g/mol. The van der Waals surface area contributed by atoms with E-state index in [0.29, 0.717) is 12.0 Å². The van der Waals surface area contributed by atoms with Gasteiger partial charge >= 0.3 is 5.97 Å². The van der Waals surface area contributed by atoms with Crippen molar-refractivity contribution in [3.63, 3.8) is 0 Å². The van der Waals surface area contributed by atoms with Gasteiger partial charge in [0.1, 0.15) is 0 Å². The fourth-order valence-electron chi connectivity index (χ4n) is 1.92. The van der Waals surface area contributed by atoms with Crippen LogP contribution in [0.4, 0.5) is 0 Å². The van der Waals surface area contributed by atoms with Crippen LogP contribution in [-0.4, -0.2) is 5.97 Å². The molecule has 0 amide bonds. The normalized spacial score (nSPS) is 10.3. The topological polar surface area (TPSA) is 26.3 Å². The molecule has 0 N–H and O–H groups in total. The molecule has 0 saturated heterocycles. The molecule has 102 valence electrons. The quantitative estimate of drug-likeness (QED) is 0.596. The van der Waals surface area contributed by atoms with E-state index in [2.05, 4.69) is 6.58 Å². The highest BCUT2D eigenvalue weighted by Crippen LogP contribution is 2.26. The van der Waals surface area contributed by atoms with Crippen molar-refractivity contribution >= 4 is 5.97 Å². The van der Waals surface area contributed by atoms with Gasteiger partial charge in [0.15, 0.2) is 6.10 Å². The molecule has 0 unspecified atom stereocenters. The first-order chi connectivity index (χ1) is 9.72. The van der Waals surface area contributed by atoms with Crippen LogP contribution in [0.2, 0.25) is 0 Å². The van der Waals surface area contributed by atoms with Crippen molar-refractivity contribution in [2.45, 2.75) is 19.4 Å². The van der Waals surface area contributed by atoms with Gasteiger partial charge in [0, 0.05) is 5.57 Å². The molecule has 0 atom stereocenters. The van der Waals surface area contributed by atoms with Crippen LogP contribution in [-0.2, 0) is 9.53 Å². The van der Waals surface area contributed by atoms with Gasteiger partial charge in [-0.2, -0.15) is 0 Å². The fraction of sp³-hybridized carbons (Fsp3) is 0.167. The van der Waals surface area contributed by atoms with E-state index < -0.39 is 6.10 Å². The lowest BCUT2D eigenvalue weighted by Gasteiger charge is -2.19. The van der Waals surface area contributed by atoms with E-state index in [0.717, 1.165) is 11.1 Å². The molecule has 0 bridgehead atoms. The maximum atomic E-state index is 12.0. The zero-order valence-electron chi connectivity index (χ0n) is 11.6. The van der Waals surface area contributed by atoms with Crippen molar-refractivity contribution in [2.75, 3.05) is 0 Å². The smallest absolute Gasteiger partial charge is 0.334 e. The van der Waals surface area contributed by atoms with Gasteiger partial charge in [-0.3, -0.25) is 0 Å². The molecule has 20 heavy (non-hydrogen) atoms. The van der Waals surface area contributed by atoms with Crippen LogP contribution in [0.3, 0.4) is 0 Å². The summed E-state index contributed by atoms with van der Waals surface area (Å²) in [7, 11) is 0. The molecule has 0 fully saturated rings. The van der Waals surface area contributed by atoms with E-state index in [9.17, 15) is 4.79 Å². The lowest BCUT2D eigenvalue weighted by atomic mass is 10.0. The van der Waals surface area contributed by atoms with E-state index in [1.54, 1.807) is 0 Å². The summed E-state index contributed by atoms with van der Waals surface area (Å²) in [5, 5.41) is 0. The van der Waals surface area contributed by atoms with Gasteiger partial charge in [0.05, 0.1) is 0 Å². The molecule has 0 spiro atoms. The lowest BCUT2D eigenvalue weighted by Crippen LogP contribution is -2.13. The number of rotatable bonds is 5. The Morgan fingerprint density at radius 3 is 1.85 bits per heavy atom. The average Bonchev–Trinajstić information content (AvgIpc) is 2.53. The summed E-state index contributed by atoms with van der Waals surface area (Å²) < 4.78 is 5.64. The molecule has 0 heterocycles. The molecule has 2 aromatic carbocycles. The van der Waals surface area contributed by atoms with E-state index in [4.69, 9.17) is 4.74 Å². The van der Waals surface area contributed by atoms with Crippen LogP contribution in [0.5, 0.6) is 0 Å². The van der Waals surface area contributed by atoms with Gasteiger partial charge in [-0.1, -0.05) is 74.2 Å².